The highest BCUT2D eigenvalue weighted by atomic mass is 16.4. The number of imide groups is 1. The highest BCUT2D eigenvalue weighted by Gasteiger charge is 2.19. The van der Waals surface area contributed by atoms with Crippen molar-refractivity contribution in [2.75, 3.05) is 19.6 Å². The van der Waals surface area contributed by atoms with Crippen LogP contribution in [-0.4, -0.2) is 53.1 Å². The summed E-state index contributed by atoms with van der Waals surface area (Å²) in [7, 11) is 0. The number of aliphatic carboxylic acids is 1. The summed E-state index contributed by atoms with van der Waals surface area (Å²) in [6.45, 7) is 9.63. The number of carbonyl (C=O) groups is 3. The highest BCUT2D eigenvalue weighted by Crippen LogP contribution is 2.00. The Morgan fingerprint density at radius 2 is 1.80 bits per heavy atom. The van der Waals surface area contributed by atoms with E-state index in [9.17, 15) is 14.4 Å². The molecule has 20 heavy (non-hydrogen) atoms. The van der Waals surface area contributed by atoms with E-state index in [1.54, 1.807) is 11.8 Å². The second-order valence-electron chi connectivity index (χ2n) is 5.82. The van der Waals surface area contributed by atoms with E-state index in [-0.39, 0.29) is 13.1 Å². The van der Waals surface area contributed by atoms with Crippen molar-refractivity contribution < 1.29 is 19.5 Å². The zero-order valence-corrected chi connectivity index (χ0v) is 12.8. The molecule has 0 fully saturated rings. The van der Waals surface area contributed by atoms with Crippen LogP contribution in [0.15, 0.2) is 0 Å². The van der Waals surface area contributed by atoms with Crippen LogP contribution < -0.4 is 10.6 Å². The topological polar surface area (TPSA) is 98.7 Å². The van der Waals surface area contributed by atoms with Crippen LogP contribution in [-0.2, 0) is 9.59 Å². The fraction of sp³-hybridized carbons (Fsp3) is 0.769. The zero-order chi connectivity index (χ0) is 15.9. The van der Waals surface area contributed by atoms with Crippen LogP contribution >= 0.6 is 0 Å². The van der Waals surface area contributed by atoms with Crippen LogP contribution in [0.4, 0.5) is 4.79 Å². The molecule has 0 saturated heterocycles. The minimum absolute atomic E-state index is 0.00825. The largest absolute Gasteiger partial charge is 0.481 e. The molecule has 3 N–H and O–H groups in total. The second kappa shape index (κ2) is 7.84. The second-order valence-corrected chi connectivity index (χ2v) is 5.82. The van der Waals surface area contributed by atoms with Crippen LogP contribution in [0.25, 0.3) is 0 Å². The Morgan fingerprint density at radius 1 is 1.25 bits per heavy atom. The maximum Gasteiger partial charge on any atom is 0.321 e. The summed E-state index contributed by atoms with van der Waals surface area (Å²) in [5, 5.41) is 13.7. The zero-order valence-electron chi connectivity index (χ0n) is 12.8. The number of hydrogen-bond donors (Lipinski definition) is 3. The van der Waals surface area contributed by atoms with Gasteiger partial charge in [0.2, 0.25) is 5.91 Å². The Morgan fingerprint density at radius 3 is 2.20 bits per heavy atom. The van der Waals surface area contributed by atoms with Gasteiger partial charge in [0.25, 0.3) is 0 Å². The van der Waals surface area contributed by atoms with Crippen molar-refractivity contribution >= 4 is 17.9 Å². The molecule has 0 heterocycles. The lowest BCUT2D eigenvalue weighted by atomic mass is 10.1. The van der Waals surface area contributed by atoms with Crippen molar-refractivity contribution in [2.45, 2.75) is 40.2 Å². The molecule has 0 spiro atoms. The number of urea groups is 1. The first-order chi connectivity index (χ1) is 9.05. The van der Waals surface area contributed by atoms with Crippen LogP contribution in [0.3, 0.4) is 0 Å². The molecule has 0 aliphatic rings. The number of carboxylic acid groups (broad SMARTS) is 1. The normalized spacial score (nSPS) is 12.9. The van der Waals surface area contributed by atoms with Crippen molar-refractivity contribution in [2.24, 2.45) is 5.92 Å². The van der Waals surface area contributed by atoms with Gasteiger partial charge in [-0.1, -0.05) is 13.8 Å². The summed E-state index contributed by atoms with van der Waals surface area (Å²) in [6, 6.07) is -0.551. The lowest BCUT2D eigenvalue weighted by Crippen LogP contribution is -2.50. The van der Waals surface area contributed by atoms with E-state index in [1.807, 2.05) is 27.7 Å². The van der Waals surface area contributed by atoms with Gasteiger partial charge in [0, 0.05) is 12.1 Å². The van der Waals surface area contributed by atoms with Crippen LogP contribution in [0, 0.1) is 5.92 Å². The molecule has 0 radical (unpaired) electrons. The number of nitrogens with zero attached hydrogens (tertiary/aromatic N) is 1. The Labute approximate surface area is 119 Å². The first kappa shape index (κ1) is 18.4. The van der Waals surface area contributed by atoms with E-state index in [0.29, 0.717) is 6.54 Å². The molecule has 7 heteroatoms. The number of carboxylic acids is 1. The highest BCUT2D eigenvalue weighted by molar-refractivity contribution is 5.95. The van der Waals surface area contributed by atoms with Crippen LogP contribution in [0.5, 0.6) is 0 Å². The minimum atomic E-state index is -0.908. The van der Waals surface area contributed by atoms with Crippen LogP contribution in [0.1, 0.15) is 34.6 Å². The molecule has 0 rings (SSSR count). The number of carbonyl (C=O) groups excluding carboxylic acids is 2. The molecule has 1 atom stereocenters. The van der Waals surface area contributed by atoms with Crippen molar-refractivity contribution in [1.82, 2.24) is 15.5 Å². The fourth-order valence-corrected chi connectivity index (χ4v) is 1.51. The molecule has 7 nitrogen and oxygen atoms in total. The van der Waals surface area contributed by atoms with E-state index in [2.05, 4.69) is 10.6 Å². The molecule has 0 aliphatic heterocycles. The maximum atomic E-state index is 11.7. The molecular formula is C13H25N3O4. The SMILES string of the molecule is CCN(CC(=O)NC(=O)NC(C)(C)C)CC(C)C(=O)O. The summed E-state index contributed by atoms with van der Waals surface area (Å²) in [4.78, 5) is 35.7. The van der Waals surface area contributed by atoms with Crippen molar-refractivity contribution in [3.63, 3.8) is 0 Å². The van der Waals surface area contributed by atoms with Gasteiger partial charge in [0.05, 0.1) is 12.5 Å². The predicted molar refractivity (Wildman–Crippen MR) is 75.3 cm³/mol. The molecule has 0 bridgehead atoms. The van der Waals surface area contributed by atoms with Gasteiger partial charge >= 0.3 is 12.0 Å². The smallest absolute Gasteiger partial charge is 0.321 e. The number of rotatable bonds is 6. The van der Waals surface area contributed by atoms with Crippen molar-refractivity contribution in [3.05, 3.63) is 0 Å². The average Bonchev–Trinajstić information content (AvgIpc) is 2.24. The quantitative estimate of drug-likeness (QED) is 0.666. The summed E-state index contributed by atoms with van der Waals surface area (Å²) in [5.41, 5.74) is -0.424. The van der Waals surface area contributed by atoms with E-state index >= 15 is 0 Å². The molecule has 0 aromatic carbocycles. The Bertz CT molecular complexity index is 363. The molecule has 0 aliphatic carbocycles. The lowest BCUT2D eigenvalue weighted by molar-refractivity contribution is -0.142. The minimum Gasteiger partial charge on any atom is -0.481 e. The summed E-state index contributed by atoms with van der Waals surface area (Å²) >= 11 is 0. The standard InChI is InChI=1S/C13H25N3O4/c1-6-16(7-9(2)11(18)19)8-10(17)14-12(20)15-13(3,4)5/h9H,6-8H2,1-5H3,(H,18,19)(H2,14,15,17,20). The number of amides is 3. The van der Waals surface area contributed by atoms with Gasteiger partial charge in [-0.05, 0) is 27.3 Å². The molecule has 0 aromatic rings. The molecule has 0 aromatic heterocycles. The van der Waals surface area contributed by atoms with Crippen molar-refractivity contribution in [1.29, 1.82) is 0 Å². The maximum absolute atomic E-state index is 11.7. The van der Waals surface area contributed by atoms with Gasteiger partial charge in [0.1, 0.15) is 0 Å². The Kier molecular flexibility index (Phi) is 7.20. The van der Waals surface area contributed by atoms with Gasteiger partial charge in [-0.3, -0.25) is 19.8 Å². The predicted octanol–water partition coefficient (Wildman–Crippen LogP) is 0.653. The molecule has 116 valence electrons. The third-order valence-corrected chi connectivity index (χ3v) is 2.51. The summed E-state index contributed by atoms with van der Waals surface area (Å²) in [6.07, 6.45) is 0. The van der Waals surface area contributed by atoms with E-state index in [0.717, 1.165) is 0 Å². The fourth-order valence-electron chi connectivity index (χ4n) is 1.51. The van der Waals surface area contributed by atoms with Gasteiger partial charge in [-0.2, -0.15) is 0 Å². The first-order valence-electron chi connectivity index (χ1n) is 6.62. The first-order valence-corrected chi connectivity index (χ1v) is 6.62. The molecule has 1 unspecified atom stereocenters. The Hall–Kier alpha value is -1.63. The molecular weight excluding hydrogens is 262 g/mol. The number of hydrogen-bond acceptors (Lipinski definition) is 4. The third kappa shape index (κ3) is 8.47. The average molecular weight is 287 g/mol. The van der Waals surface area contributed by atoms with E-state index in [4.69, 9.17) is 5.11 Å². The monoisotopic (exact) mass is 287 g/mol. The third-order valence-electron chi connectivity index (χ3n) is 2.51. The number of nitrogens with one attached hydrogen (secondary N) is 2. The van der Waals surface area contributed by atoms with Gasteiger partial charge in [-0.25, -0.2) is 4.79 Å². The Balaban J connectivity index is 4.29. The summed E-state index contributed by atoms with van der Waals surface area (Å²) < 4.78 is 0. The summed E-state index contributed by atoms with van der Waals surface area (Å²) in [5.74, 6) is -1.92. The lowest BCUT2D eigenvalue weighted by Gasteiger charge is -2.23. The van der Waals surface area contributed by atoms with E-state index in [1.165, 1.54) is 0 Å². The molecule has 0 saturated carbocycles. The van der Waals surface area contributed by atoms with Gasteiger partial charge in [0.15, 0.2) is 0 Å². The van der Waals surface area contributed by atoms with Crippen molar-refractivity contribution in [3.8, 4) is 0 Å². The van der Waals surface area contributed by atoms with Gasteiger partial charge < -0.3 is 10.4 Å². The molecule has 3 amide bonds. The van der Waals surface area contributed by atoms with Crippen LogP contribution in [0.2, 0.25) is 0 Å². The van der Waals surface area contributed by atoms with Gasteiger partial charge in [-0.15, -0.1) is 0 Å². The number of likely N-dealkylation sites (N-methyl/N-ethyl adjacent to an activating group) is 1. The van der Waals surface area contributed by atoms with E-state index < -0.39 is 29.4 Å².